The lowest BCUT2D eigenvalue weighted by molar-refractivity contribution is 0.0993. The maximum atomic E-state index is 12.6. The molecule has 0 fully saturated rings. The number of hydrogen-bond donors (Lipinski definition) is 2. The van der Waals surface area contributed by atoms with Crippen LogP contribution >= 0.6 is 0 Å². The molecule has 0 saturated carbocycles. The van der Waals surface area contributed by atoms with E-state index in [2.05, 4.69) is 10.3 Å². The summed E-state index contributed by atoms with van der Waals surface area (Å²) in [6, 6.07) is 16.8. The predicted octanol–water partition coefficient (Wildman–Crippen LogP) is 3.03. The number of aromatic nitrogens is 2. The molecule has 1 heterocycles. The minimum absolute atomic E-state index is 0.0654. The molecule has 0 bridgehead atoms. The van der Waals surface area contributed by atoms with Gasteiger partial charge in [0, 0.05) is 6.42 Å². The third-order valence-corrected chi connectivity index (χ3v) is 4.29. The molecule has 7 nitrogen and oxygen atoms in total. The van der Waals surface area contributed by atoms with E-state index in [0.29, 0.717) is 0 Å². The summed E-state index contributed by atoms with van der Waals surface area (Å²) < 4.78 is 6.19. The van der Waals surface area contributed by atoms with Crippen LogP contribution in [0.25, 0.3) is 0 Å². The summed E-state index contributed by atoms with van der Waals surface area (Å²) in [5, 5.41) is 12.9. The second-order valence-corrected chi connectivity index (χ2v) is 6.32. The standard InChI is InChI=1S/C21H21N3O4/c1-15-7-5-6-10-17(15)11-19(25)24-14-22-12-18(20(24)26)23-21(27)28-13-16-8-3-2-4-9-16/h2-10,12,14,19,25H,11,13H2,1H3,(H,23,27). The van der Waals surface area contributed by atoms with Crippen LogP contribution in [0.4, 0.5) is 10.5 Å². The number of nitrogens with one attached hydrogen (secondary N) is 1. The topological polar surface area (TPSA) is 93.5 Å². The van der Waals surface area contributed by atoms with Gasteiger partial charge in [-0.3, -0.25) is 14.7 Å². The van der Waals surface area contributed by atoms with E-state index in [9.17, 15) is 14.7 Å². The van der Waals surface area contributed by atoms with E-state index < -0.39 is 17.9 Å². The summed E-state index contributed by atoms with van der Waals surface area (Å²) in [6.07, 6.45) is 0.836. The Kier molecular flexibility index (Phi) is 6.18. The van der Waals surface area contributed by atoms with Crippen molar-refractivity contribution in [3.05, 3.63) is 94.2 Å². The van der Waals surface area contributed by atoms with E-state index in [4.69, 9.17) is 4.74 Å². The molecule has 1 unspecified atom stereocenters. The molecule has 0 aliphatic rings. The first-order valence-electron chi connectivity index (χ1n) is 8.81. The van der Waals surface area contributed by atoms with Crippen LogP contribution in [-0.4, -0.2) is 20.8 Å². The molecule has 2 aromatic carbocycles. The average Bonchev–Trinajstić information content (AvgIpc) is 2.70. The average molecular weight is 379 g/mol. The van der Waals surface area contributed by atoms with Gasteiger partial charge in [-0.1, -0.05) is 54.6 Å². The zero-order valence-electron chi connectivity index (χ0n) is 15.4. The van der Waals surface area contributed by atoms with Gasteiger partial charge in [-0.15, -0.1) is 0 Å². The molecular formula is C21H21N3O4. The Morgan fingerprint density at radius 3 is 2.64 bits per heavy atom. The number of ether oxygens (including phenoxy) is 1. The lowest BCUT2D eigenvalue weighted by Gasteiger charge is -2.16. The van der Waals surface area contributed by atoms with Crippen LogP contribution in [0.5, 0.6) is 0 Å². The van der Waals surface area contributed by atoms with Crippen molar-refractivity contribution in [2.45, 2.75) is 26.2 Å². The quantitative estimate of drug-likeness (QED) is 0.687. The third kappa shape index (κ3) is 4.83. The van der Waals surface area contributed by atoms with E-state index in [1.165, 1.54) is 12.5 Å². The van der Waals surface area contributed by atoms with Crippen LogP contribution in [0.3, 0.4) is 0 Å². The van der Waals surface area contributed by atoms with Gasteiger partial charge in [0.05, 0.1) is 12.5 Å². The van der Waals surface area contributed by atoms with E-state index >= 15 is 0 Å². The molecule has 1 amide bonds. The summed E-state index contributed by atoms with van der Waals surface area (Å²) in [6.45, 7) is 2.01. The van der Waals surface area contributed by atoms with Crippen molar-refractivity contribution in [2.24, 2.45) is 0 Å². The van der Waals surface area contributed by atoms with Gasteiger partial charge in [-0.05, 0) is 23.6 Å². The second-order valence-electron chi connectivity index (χ2n) is 6.32. The molecule has 0 saturated heterocycles. The fraction of sp³-hybridized carbons (Fsp3) is 0.190. The molecule has 1 aromatic heterocycles. The Labute approximate surface area is 162 Å². The van der Waals surface area contributed by atoms with Crippen LogP contribution in [0.2, 0.25) is 0 Å². The first kappa shape index (κ1) is 19.3. The third-order valence-electron chi connectivity index (χ3n) is 4.29. The van der Waals surface area contributed by atoms with E-state index in [-0.39, 0.29) is 18.7 Å². The van der Waals surface area contributed by atoms with Gasteiger partial charge in [0.25, 0.3) is 5.56 Å². The number of carbonyl (C=O) groups excluding carboxylic acids is 1. The molecule has 0 spiro atoms. The highest BCUT2D eigenvalue weighted by molar-refractivity contribution is 5.83. The molecule has 144 valence electrons. The zero-order valence-corrected chi connectivity index (χ0v) is 15.4. The lowest BCUT2D eigenvalue weighted by atomic mass is 10.1. The lowest BCUT2D eigenvalue weighted by Crippen LogP contribution is -2.30. The number of aliphatic hydroxyl groups is 1. The number of amides is 1. The number of anilines is 1. The number of rotatable bonds is 6. The van der Waals surface area contributed by atoms with E-state index in [0.717, 1.165) is 21.3 Å². The molecule has 0 aliphatic heterocycles. The monoisotopic (exact) mass is 379 g/mol. The summed E-state index contributed by atoms with van der Waals surface area (Å²) in [5.74, 6) is 0. The predicted molar refractivity (Wildman–Crippen MR) is 105 cm³/mol. The number of carbonyl (C=O) groups is 1. The molecule has 0 aliphatic carbocycles. The fourth-order valence-electron chi connectivity index (χ4n) is 2.73. The number of aryl methyl sites for hydroxylation is 1. The Hall–Kier alpha value is -3.45. The van der Waals surface area contributed by atoms with Crippen molar-refractivity contribution < 1.29 is 14.6 Å². The minimum Gasteiger partial charge on any atom is -0.444 e. The van der Waals surface area contributed by atoms with Crippen molar-refractivity contribution in [1.82, 2.24) is 9.55 Å². The number of aliphatic hydroxyl groups excluding tert-OH is 1. The molecule has 3 rings (SSSR count). The summed E-state index contributed by atoms with van der Waals surface area (Å²) >= 11 is 0. The Bertz CT molecular complexity index is 1000. The van der Waals surface area contributed by atoms with Crippen molar-refractivity contribution >= 4 is 11.8 Å². The van der Waals surface area contributed by atoms with Crippen LogP contribution in [0, 0.1) is 6.92 Å². The first-order valence-corrected chi connectivity index (χ1v) is 8.81. The maximum Gasteiger partial charge on any atom is 0.412 e. The Balaban J connectivity index is 1.67. The first-order chi connectivity index (χ1) is 13.5. The summed E-state index contributed by atoms with van der Waals surface area (Å²) in [7, 11) is 0. The van der Waals surface area contributed by atoms with E-state index in [1.807, 2.05) is 61.5 Å². The highest BCUT2D eigenvalue weighted by Crippen LogP contribution is 2.14. The fourth-order valence-corrected chi connectivity index (χ4v) is 2.73. The van der Waals surface area contributed by atoms with Crippen LogP contribution < -0.4 is 10.9 Å². The highest BCUT2D eigenvalue weighted by Gasteiger charge is 2.15. The normalized spacial score (nSPS) is 11.6. The molecule has 28 heavy (non-hydrogen) atoms. The molecule has 1 atom stereocenters. The number of hydrogen-bond acceptors (Lipinski definition) is 5. The van der Waals surface area contributed by atoms with Crippen LogP contribution in [0.1, 0.15) is 22.9 Å². The molecule has 7 heteroatoms. The summed E-state index contributed by atoms with van der Waals surface area (Å²) in [4.78, 5) is 28.5. The number of nitrogens with zero attached hydrogens (tertiary/aromatic N) is 2. The van der Waals surface area contributed by atoms with Gasteiger partial charge in [-0.2, -0.15) is 0 Å². The van der Waals surface area contributed by atoms with Crippen molar-refractivity contribution in [3.8, 4) is 0 Å². The van der Waals surface area contributed by atoms with Crippen LogP contribution in [-0.2, 0) is 17.8 Å². The maximum absolute atomic E-state index is 12.6. The Morgan fingerprint density at radius 1 is 1.18 bits per heavy atom. The van der Waals surface area contributed by atoms with Crippen molar-refractivity contribution in [2.75, 3.05) is 5.32 Å². The molecule has 0 radical (unpaired) electrons. The number of benzene rings is 2. The van der Waals surface area contributed by atoms with Gasteiger partial charge >= 0.3 is 6.09 Å². The molecular weight excluding hydrogens is 358 g/mol. The Morgan fingerprint density at radius 2 is 1.89 bits per heavy atom. The smallest absolute Gasteiger partial charge is 0.412 e. The minimum atomic E-state index is -1.11. The SMILES string of the molecule is Cc1ccccc1CC(O)n1cncc(NC(=O)OCc2ccccc2)c1=O. The van der Waals surface area contributed by atoms with Gasteiger partial charge in [0.15, 0.2) is 0 Å². The van der Waals surface area contributed by atoms with Crippen molar-refractivity contribution in [1.29, 1.82) is 0 Å². The van der Waals surface area contributed by atoms with Gasteiger partial charge < -0.3 is 9.84 Å². The summed E-state index contributed by atoms with van der Waals surface area (Å²) in [5.41, 5.74) is 2.14. The largest absolute Gasteiger partial charge is 0.444 e. The zero-order chi connectivity index (χ0) is 19.9. The van der Waals surface area contributed by atoms with Gasteiger partial charge in [-0.25, -0.2) is 9.78 Å². The second kappa shape index (κ2) is 8.96. The highest BCUT2D eigenvalue weighted by atomic mass is 16.5. The van der Waals surface area contributed by atoms with E-state index in [1.54, 1.807) is 0 Å². The van der Waals surface area contributed by atoms with Crippen LogP contribution in [0.15, 0.2) is 71.9 Å². The van der Waals surface area contributed by atoms with Crippen molar-refractivity contribution in [3.63, 3.8) is 0 Å². The molecule has 3 aromatic rings. The molecule has 2 N–H and O–H groups in total. The van der Waals surface area contributed by atoms with Gasteiger partial charge in [0.2, 0.25) is 0 Å². The van der Waals surface area contributed by atoms with Gasteiger partial charge in [0.1, 0.15) is 18.5 Å².